The minimum Gasteiger partial charge on any atom is -0.405 e. The fraction of sp³-hybridized carbons (Fsp3) is 0.571. The molecule has 7 heteroatoms. The molecule has 2 rings (SSSR count). The van der Waals surface area contributed by atoms with Crippen molar-refractivity contribution in [3.8, 4) is 5.75 Å². The van der Waals surface area contributed by atoms with E-state index in [4.69, 9.17) is 5.11 Å². The summed E-state index contributed by atoms with van der Waals surface area (Å²) in [7, 11) is 0. The Bertz CT molecular complexity index is 454. The van der Waals surface area contributed by atoms with Crippen LogP contribution in [0.2, 0.25) is 0 Å². The van der Waals surface area contributed by atoms with Crippen molar-refractivity contribution >= 4 is 0 Å². The zero-order valence-corrected chi connectivity index (χ0v) is 11.5. The van der Waals surface area contributed by atoms with Crippen molar-refractivity contribution < 1.29 is 23.0 Å². The van der Waals surface area contributed by atoms with Gasteiger partial charge in [-0.3, -0.25) is 0 Å². The van der Waals surface area contributed by atoms with Gasteiger partial charge in [0.1, 0.15) is 5.75 Å². The van der Waals surface area contributed by atoms with Crippen molar-refractivity contribution in [2.75, 3.05) is 19.7 Å². The average Bonchev–Trinajstić information content (AvgIpc) is 2.84. The maximum atomic E-state index is 12.3. The second-order valence-electron chi connectivity index (χ2n) is 5.07. The van der Waals surface area contributed by atoms with Crippen LogP contribution in [0, 0.1) is 5.92 Å². The normalized spacial score (nSPS) is 22.5. The van der Waals surface area contributed by atoms with Crippen molar-refractivity contribution in [3.05, 3.63) is 29.8 Å². The fourth-order valence-electron chi connectivity index (χ4n) is 2.56. The molecule has 1 aromatic rings. The first-order chi connectivity index (χ1) is 9.99. The van der Waals surface area contributed by atoms with Crippen LogP contribution in [0.3, 0.4) is 0 Å². The maximum absolute atomic E-state index is 12.3. The highest BCUT2D eigenvalue weighted by Crippen LogP contribution is 2.26. The first-order valence-corrected chi connectivity index (χ1v) is 6.88. The number of rotatable bonds is 6. The van der Waals surface area contributed by atoms with Gasteiger partial charge in [-0.15, -0.1) is 13.2 Å². The van der Waals surface area contributed by atoms with Gasteiger partial charge in [-0.25, -0.2) is 0 Å². The molecule has 0 aliphatic carbocycles. The van der Waals surface area contributed by atoms with E-state index in [1.165, 1.54) is 12.1 Å². The zero-order chi connectivity index (χ0) is 15.3. The Morgan fingerprint density at radius 2 is 2.05 bits per heavy atom. The molecule has 118 valence electrons. The lowest BCUT2D eigenvalue weighted by molar-refractivity contribution is -0.274. The molecule has 1 saturated heterocycles. The monoisotopic (exact) mass is 304 g/mol. The number of halogens is 3. The van der Waals surface area contributed by atoms with E-state index in [1.54, 1.807) is 12.1 Å². The SMILES string of the molecule is OCCC1CNCC1NCc1ccccc1OC(F)(F)F. The number of alkyl halides is 3. The number of nitrogens with one attached hydrogen (secondary N) is 2. The van der Waals surface area contributed by atoms with E-state index in [2.05, 4.69) is 15.4 Å². The fourth-order valence-corrected chi connectivity index (χ4v) is 2.56. The molecule has 0 amide bonds. The predicted molar refractivity (Wildman–Crippen MR) is 71.8 cm³/mol. The summed E-state index contributed by atoms with van der Waals surface area (Å²) >= 11 is 0. The molecule has 0 aromatic heterocycles. The summed E-state index contributed by atoms with van der Waals surface area (Å²) < 4.78 is 41.1. The highest BCUT2D eigenvalue weighted by atomic mass is 19.4. The lowest BCUT2D eigenvalue weighted by Crippen LogP contribution is -2.36. The third kappa shape index (κ3) is 4.87. The number of para-hydroxylation sites is 1. The second-order valence-corrected chi connectivity index (χ2v) is 5.07. The molecule has 21 heavy (non-hydrogen) atoms. The van der Waals surface area contributed by atoms with E-state index in [9.17, 15) is 13.2 Å². The average molecular weight is 304 g/mol. The quantitative estimate of drug-likeness (QED) is 0.748. The molecule has 1 aliphatic rings. The minimum absolute atomic E-state index is 0.109. The van der Waals surface area contributed by atoms with Crippen LogP contribution in [0.15, 0.2) is 24.3 Å². The molecule has 2 atom stereocenters. The Balaban J connectivity index is 1.96. The molecule has 0 bridgehead atoms. The highest BCUT2D eigenvalue weighted by Gasteiger charge is 2.32. The van der Waals surface area contributed by atoms with E-state index in [-0.39, 0.29) is 24.3 Å². The van der Waals surface area contributed by atoms with Crippen molar-refractivity contribution in [3.63, 3.8) is 0 Å². The van der Waals surface area contributed by atoms with Gasteiger partial charge in [-0.1, -0.05) is 18.2 Å². The summed E-state index contributed by atoms with van der Waals surface area (Å²) in [4.78, 5) is 0. The van der Waals surface area contributed by atoms with Gasteiger partial charge in [0.2, 0.25) is 0 Å². The number of hydrogen-bond donors (Lipinski definition) is 3. The zero-order valence-electron chi connectivity index (χ0n) is 11.5. The Morgan fingerprint density at radius 1 is 1.29 bits per heavy atom. The molecule has 0 radical (unpaired) electrons. The third-order valence-electron chi connectivity index (χ3n) is 3.59. The maximum Gasteiger partial charge on any atom is 0.573 e. The lowest BCUT2D eigenvalue weighted by Gasteiger charge is -2.20. The Hall–Kier alpha value is -1.31. The van der Waals surface area contributed by atoms with Gasteiger partial charge in [0, 0.05) is 31.3 Å². The predicted octanol–water partition coefficient (Wildman–Crippen LogP) is 1.65. The van der Waals surface area contributed by atoms with E-state index < -0.39 is 6.36 Å². The number of benzene rings is 1. The lowest BCUT2D eigenvalue weighted by atomic mass is 10.00. The van der Waals surface area contributed by atoms with Gasteiger partial charge in [0.15, 0.2) is 0 Å². The van der Waals surface area contributed by atoms with Gasteiger partial charge >= 0.3 is 6.36 Å². The highest BCUT2D eigenvalue weighted by molar-refractivity contribution is 5.33. The van der Waals surface area contributed by atoms with Crippen LogP contribution >= 0.6 is 0 Å². The van der Waals surface area contributed by atoms with Crippen molar-refractivity contribution in [2.45, 2.75) is 25.4 Å². The van der Waals surface area contributed by atoms with Crippen molar-refractivity contribution in [1.29, 1.82) is 0 Å². The van der Waals surface area contributed by atoms with Crippen molar-refractivity contribution in [1.82, 2.24) is 10.6 Å². The molecule has 3 N–H and O–H groups in total. The molecule has 1 aromatic carbocycles. The number of hydrogen-bond acceptors (Lipinski definition) is 4. The van der Waals surface area contributed by atoms with E-state index in [1.807, 2.05) is 0 Å². The van der Waals surface area contributed by atoms with Gasteiger partial charge in [-0.05, 0) is 24.9 Å². The summed E-state index contributed by atoms with van der Waals surface area (Å²) in [5, 5.41) is 15.5. The largest absolute Gasteiger partial charge is 0.573 e. The van der Waals surface area contributed by atoms with Gasteiger partial charge in [0.05, 0.1) is 0 Å². The summed E-state index contributed by atoms with van der Waals surface area (Å²) in [6.45, 7) is 1.95. The van der Waals surface area contributed by atoms with Gasteiger partial charge < -0.3 is 20.5 Å². The van der Waals surface area contributed by atoms with Crippen molar-refractivity contribution in [2.24, 2.45) is 5.92 Å². The minimum atomic E-state index is -4.69. The Labute approximate surface area is 121 Å². The molecule has 2 unspecified atom stereocenters. The van der Waals surface area contributed by atoms with Crippen LogP contribution in [-0.2, 0) is 6.54 Å². The summed E-state index contributed by atoms with van der Waals surface area (Å²) in [6.07, 6.45) is -4.02. The number of aliphatic hydroxyl groups is 1. The van der Waals surface area contributed by atoms with Crippen LogP contribution in [0.5, 0.6) is 5.75 Å². The topological polar surface area (TPSA) is 53.5 Å². The Kier molecular flexibility index (Phi) is 5.44. The van der Waals surface area contributed by atoms with Crippen LogP contribution in [0.1, 0.15) is 12.0 Å². The molecule has 1 heterocycles. The molecule has 0 saturated carbocycles. The summed E-state index contributed by atoms with van der Waals surface area (Å²) in [5.74, 6) is 0.105. The first kappa shape index (κ1) is 16.1. The third-order valence-corrected chi connectivity index (χ3v) is 3.59. The van der Waals surface area contributed by atoms with Crippen LogP contribution in [0.4, 0.5) is 13.2 Å². The van der Waals surface area contributed by atoms with E-state index in [0.29, 0.717) is 18.5 Å². The number of ether oxygens (including phenoxy) is 1. The summed E-state index contributed by atoms with van der Waals surface area (Å²) in [5.41, 5.74) is 0.462. The summed E-state index contributed by atoms with van der Waals surface area (Å²) in [6, 6.07) is 6.24. The Morgan fingerprint density at radius 3 is 2.76 bits per heavy atom. The van der Waals surface area contributed by atoms with Gasteiger partial charge in [0.25, 0.3) is 0 Å². The van der Waals surface area contributed by atoms with Gasteiger partial charge in [-0.2, -0.15) is 0 Å². The second kappa shape index (κ2) is 7.11. The molecular weight excluding hydrogens is 285 g/mol. The molecule has 0 spiro atoms. The molecule has 4 nitrogen and oxygen atoms in total. The van der Waals surface area contributed by atoms with E-state index in [0.717, 1.165) is 13.1 Å². The first-order valence-electron chi connectivity index (χ1n) is 6.88. The van der Waals surface area contributed by atoms with Crippen LogP contribution in [0.25, 0.3) is 0 Å². The van der Waals surface area contributed by atoms with E-state index >= 15 is 0 Å². The molecule has 1 aliphatic heterocycles. The smallest absolute Gasteiger partial charge is 0.405 e. The standard InChI is InChI=1S/C14H19F3N2O2/c15-14(16,17)21-13-4-2-1-3-11(13)8-19-12-9-18-7-10(12)5-6-20/h1-4,10,12,18-20H,5-9H2. The van der Waals surface area contributed by atoms with Crippen LogP contribution < -0.4 is 15.4 Å². The number of aliphatic hydroxyl groups excluding tert-OH is 1. The molecule has 1 fully saturated rings. The molecular formula is C14H19F3N2O2. The van der Waals surface area contributed by atoms with Crippen LogP contribution in [-0.4, -0.2) is 37.2 Å².